The fraction of sp³-hybridized carbons (Fsp3) is 0.263. The molecule has 150 valence electrons. The summed E-state index contributed by atoms with van der Waals surface area (Å²) in [7, 11) is 0. The van der Waals surface area contributed by atoms with Crippen LogP contribution in [0.5, 0.6) is 11.5 Å². The summed E-state index contributed by atoms with van der Waals surface area (Å²) in [5, 5.41) is 0.543. The molecule has 28 heavy (non-hydrogen) atoms. The standard InChI is InChI=1S/C19H19Br2ClN2O4/c1-2-3-8-27-16-6-4-12(20)9-14(16)19(26)24-23-18(25)11-28-17-7-5-13(22)10-15(17)21/h4-7,9-10H,2-3,8,11H2,1H3,(H,23,25)(H,24,26). The Labute approximate surface area is 185 Å². The van der Waals surface area contributed by atoms with Gasteiger partial charge in [-0.1, -0.05) is 40.9 Å². The lowest BCUT2D eigenvalue weighted by atomic mass is 10.2. The number of carbonyl (C=O) groups excluding carboxylic acids is 2. The molecule has 6 nitrogen and oxygen atoms in total. The van der Waals surface area contributed by atoms with E-state index in [0.717, 1.165) is 17.3 Å². The fourth-order valence-electron chi connectivity index (χ4n) is 2.10. The number of hydrogen-bond donors (Lipinski definition) is 2. The number of amides is 2. The zero-order valence-electron chi connectivity index (χ0n) is 15.1. The van der Waals surface area contributed by atoms with Crippen LogP contribution in [0.3, 0.4) is 0 Å². The number of ether oxygens (including phenoxy) is 2. The quantitative estimate of drug-likeness (QED) is 0.374. The molecule has 0 aliphatic heterocycles. The molecule has 0 saturated heterocycles. The van der Waals surface area contributed by atoms with E-state index in [4.69, 9.17) is 21.1 Å². The van der Waals surface area contributed by atoms with Crippen molar-refractivity contribution in [2.45, 2.75) is 19.8 Å². The zero-order chi connectivity index (χ0) is 20.5. The third-order valence-electron chi connectivity index (χ3n) is 3.51. The highest BCUT2D eigenvalue weighted by Crippen LogP contribution is 2.28. The molecule has 0 heterocycles. The summed E-state index contributed by atoms with van der Waals surface area (Å²) in [6.07, 6.45) is 1.86. The molecule has 2 amide bonds. The van der Waals surface area contributed by atoms with Crippen molar-refractivity contribution in [3.63, 3.8) is 0 Å². The second-order valence-electron chi connectivity index (χ2n) is 5.71. The maximum atomic E-state index is 12.4. The Balaban J connectivity index is 1.90. The Morgan fingerprint density at radius 1 is 1.04 bits per heavy atom. The molecular formula is C19H19Br2ClN2O4. The largest absolute Gasteiger partial charge is 0.493 e. The van der Waals surface area contributed by atoms with Crippen LogP contribution in [0.15, 0.2) is 45.3 Å². The Hall–Kier alpha value is -1.77. The molecule has 0 atom stereocenters. The van der Waals surface area contributed by atoms with E-state index in [1.54, 1.807) is 36.4 Å². The van der Waals surface area contributed by atoms with Crippen molar-refractivity contribution in [2.75, 3.05) is 13.2 Å². The molecule has 9 heteroatoms. The first-order valence-corrected chi connectivity index (χ1v) is 10.5. The van der Waals surface area contributed by atoms with Gasteiger partial charge < -0.3 is 9.47 Å². The average Bonchev–Trinajstić information content (AvgIpc) is 2.66. The van der Waals surface area contributed by atoms with Crippen molar-refractivity contribution in [3.05, 3.63) is 55.9 Å². The molecule has 0 bridgehead atoms. The van der Waals surface area contributed by atoms with Gasteiger partial charge in [-0.25, -0.2) is 0 Å². The normalized spacial score (nSPS) is 10.3. The number of hydrogen-bond acceptors (Lipinski definition) is 4. The van der Waals surface area contributed by atoms with Crippen molar-refractivity contribution in [3.8, 4) is 11.5 Å². The number of hydrazine groups is 1. The molecule has 0 aliphatic carbocycles. The summed E-state index contributed by atoms with van der Waals surface area (Å²) in [5.41, 5.74) is 5.00. The summed E-state index contributed by atoms with van der Waals surface area (Å²) in [5.74, 6) is -0.0957. The van der Waals surface area contributed by atoms with E-state index in [0.29, 0.717) is 33.2 Å². The van der Waals surface area contributed by atoms with Crippen LogP contribution in [0.1, 0.15) is 30.1 Å². The molecule has 0 unspecified atom stereocenters. The van der Waals surface area contributed by atoms with Gasteiger partial charge in [0.15, 0.2) is 6.61 Å². The molecule has 2 aromatic rings. The van der Waals surface area contributed by atoms with Gasteiger partial charge in [0.2, 0.25) is 0 Å². The molecule has 0 aliphatic rings. The van der Waals surface area contributed by atoms with E-state index in [1.807, 2.05) is 0 Å². The van der Waals surface area contributed by atoms with Crippen LogP contribution in [0.2, 0.25) is 5.02 Å². The molecule has 0 saturated carbocycles. The second kappa shape index (κ2) is 11.3. The molecule has 2 aromatic carbocycles. The van der Waals surface area contributed by atoms with Crippen molar-refractivity contribution >= 4 is 55.3 Å². The van der Waals surface area contributed by atoms with Crippen LogP contribution in [0.4, 0.5) is 0 Å². The number of unbranched alkanes of at least 4 members (excludes halogenated alkanes) is 1. The summed E-state index contributed by atoms with van der Waals surface area (Å²) in [6.45, 7) is 2.28. The van der Waals surface area contributed by atoms with Gasteiger partial charge in [-0.2, -0.15) is 0 Å². The number of halogens is 3. The van der Waals surface area contributed by atoms with Gasteiger partial charge in [-0.05, 0) is 58.7 Å². The van der Waals surface area contributed by atoms with Crippen LogP contribution < -0.4 is 20.3 Å². The van der Waals surface area contributed by atoms with Crippen LogP contribution in [0, 0.1) is 0 Å². The van der Waals surface area contributed by atoms with Gasteiger partial charge in [0.05, 0.1) is 16.6 Å². The van der Waals surface area contributed by atoms with Gasteiger partial charge in [0.1, 0.15) is 11.5 Å². The minimum atomic E-state index is -0.515. The molecule has 2 N–H and O–H groups in total. The number of nitrogens with one attached hydrogen (secondary N) is 2. The molecular weight excluding hydrogens is 515 g/mol. The van der Waals surface area contributed by atoms with Gasteiger partial charge in [-0.3, -0.25) is 20.4 Å². The minimum Gasteiger partial charge on any atom is -0.493 e. The lowest BCUT2D eigenvalue weighted by Crippen LogP contribution is -2.44. The second-order valence-corrected chi connectivity index (χ2v) is 7.91. The van der Waals surface area contributed by atoms with Gasteiger partial charge >= 0.3 is 0 Å². The summed E-state index contributed by atoms with van der Waals surface area (Å²) >= 11 is 12.5. The molecule has 2 rings (SSSR count). The Morgan fingerprint density at radius 3 is 2.50 bits per heavy atom. The first-order valence-electron chi connectivity index (χ1n) is 8.50. The van der Waals surface area contributed by atoms with Crippen LogP contribution in [0.25, 0.3) is 0 Å². The zero-order valence-corrected chi connectivity index (χ0v) is 19.0. The average molecular weight is 535 g/mol. The maximum absolute atomic E-state index is 12.4. The molecule has 0 radical (unpaired) electrons. The van der Waals surface area contributed by atoms with E-state index in [1.165, 1.54) is 0 Å². The van der Waals surface area contributed by atoms with E-state index < -0.39 is 11.8 Å². The number of rotatable bonds is 8. The molecule has 0 spiro atoms. The van der Waals surface area contributed by atoms with Crippen molar-refractivity contribution < 1.29 is 19.1 Å². The van der Waals surface area contributed by atoms with E-state index >= 15 is 0 Å². The Kier molecular flexibility index (Phi) is 9.08. The molecule has 0 aromatic heterocycles. The third-order valence-corrected chi connectivity index (χ3v) is 4.86. The van der Waals surface area contributed by atoms with Crippen molar-refractivity contribution in [1.29, 1.82) is 0 Å². The maximum Gasteiger partial charge on any atom is 0.276 e. The lowest BCUT2D eigenvalue weighted by molar-refractivity contribution is -0.123. The number of benzene rings is 2. The highest BCUT2D eigenvalue weighted by Gasteiger charge is 2.15. The summed E-state index contributed by atoms with van der Waals surface area (Å²) in [4.78, 5) is 24.4. The topological polar surface area (TPSA) is 76.7 Å². The monoisotopic (exact) mass is 532 g/mol. The van der Waals surface area contributed by atoms with Crippen LogP contribution >= 0.6 is 43.5 Å². The van der Waals surface area contributed by atoms with Crippen molar-refractivity contribution in [2.24, 2.45) is 0 Å². The predicted molar refractivity (Wildman–Crippen MR) is 115 cm³/mol. The first kappa shape index (κ1) is 22.5. The van der Waals surface area contributed by atoms with E-state index in [-0.39, 0.29) is 6.61 Å². The lowest BCUT2D eigenvalue weighted by Gasteiger charge is -2.13. The number of carbonyl (C=O) groups is 2. The molecule has 0 fully saturated rings. The smallest absolute Gasteiger partial charge is 0.276 e. The van der Waals surface area contributed by atoms with E-state index in [9.17, 15) is 9.59 Å². The van der Waals surface area contributed by atoms with Crippen molar-refractivity contribution in [1.82, 2.24) is 10.9 Å². The van der Waals surface area contributed by atoms with Gasteiger partial charge in [0, 0.05) is 9.50 Å². The van der Waals surface area contributed by atoms with E-state index in [2.05, 4.69) is 49.6 Å². The van der Waals surface area contributed by atoms with Gasteiger partial charge in [-0.15, -0.1) is 0 Å². The Morgan fingerprint density at radius 2 is 1.79 bits per heavy atom. The third kappa shape index (κ3) is 7.00. The highest BCUT2D eigenvalue weighted by molar-refractivity contribution is 9.10. The summed E-state index contributed by atoms with van der Waals surface area (Å²) < 4.78 is 12.4. The van der Waals surface area contributed by atoms with Gasteiger partial charge in [0.25, 0.3) is 11.8 Å². The Bertz CT molecular complexity index is 849. The minimum absolute atomic E-state index is 0.279. The van der Waals surface area contributed by atoms with Crippen LogP contribution in [-0.4, -0.2) is 25.0 Å². The SMILES string of the molecule is CCCCOc1ccc(Br)cc1C(=O)NNC(=O)COc1ccc(Cl)cc1Br. The highest BCUT2D eigenvalue weighted by atomic mass is 79.9. The van der Waals surface area contributed by atoms with Crippen LogP contribution in [-0.2, 0) is 4.79 Å². The first-order chi connectivity index (χ1) is 13.4. The fourth-order valence-corrected chi connectivity index (χ4v) is 3.26. The predicted octanol–water partition coefficient (Wildman–Crippen LogP) is 4.88. The summed E-state index contributed by atoms with van der Waals surface area (Å²) in [6, 6.07) is 10.1.